The van der Waals surface area contributed by atoms with E-state index in [1.807, 2.05) is 48.5 Å². The zero-order chi connectivity index (χ0) is 24.8. The molecule has 2 amide bonds. The molecule has 0 unspecified atom stereocenters. The third-order valence-electron chi connectivity index (χ3n) is 5.43. The van der Waals surface area contributed by atoms with Gasteiger partial charge in [-0.3, -0.25) is 9.59 Å². The van der Waals surface area contributed by atoms with Crippen LogP contribution in [0.1, 0.15) is 51.7 Å². The fourth-order valence-corrected chi connectivity index (χ4v) is 3.42. The molecule has 0 saturated heterocycles. The highest BCUT2D eigenvalue weighted by Gasteiger charge is 2.06. The Morgan fingerprint density at radius 3 is 1.26 bits per heavy atom. The van der Waals surface area contributed by atoms with Crippen LogP contribution in [0.25, 0.3) is 0 Å². The van der Waals surface area contributed by atoms with E-state index in [2.05, 4.69) is 58.5 Å². The summed E-state index contributed by atoms with van der Waals surface area (Å²) in [5, 5.41) is 7.93. The molecule has 34 heavy (non-hydrogen) atoms. The summed E-state index contributed by atoms with van der Waals surface area (Å²) in [5.41, 5.74) is 8.96. The Morgan fingerprint density at radius 1 is 0.647 bits per heavy atom. The molecule has 8 nitrogen and oxygen atoms in total. The van der Waals surface area contributed by atoms with Crippen LogP contribution in [0, 0.1) is 0 Å². The van der Waals surface area contributed by atoms with Crippen LogP contribution in [0.3, 0.4) is 0 Å². The van der Waals surface area contributed by atoms with Crippen molar-refractivity contribution in [3.63, 3.8) is 0 Å². The molecule has 0 saturated carbocycles. The van der Waals surface area contributed by atoms with Gasteiger partial charge >= 0.3 is 0 Å². The van der Waals surface area contributed by atoms with E-state index in [1.54, 1.807) is 12.4 Å². The summed E-state index contributed by atoms with van der Waals surface area (Å²) >= 11 is 0. The maximum Gasteiger partial charge on any atom is 0.240 e. The molecular weight excluding hydrogens is 428 g/mol. The number of nitrogens with zero attached hydrogens (tertiary/aromatic N) is 4. The van der Waals surface area contributed by atoms with Crippen molar-refractivity contribution in [3.05, 3.63) is 59.7 Å². The second-order valence-electron chi connectivity index (χ2n) is 7.61. The van der Waals surface area contributed by atoms with Crippen LogP contribution < -0.4 is 20.7 Å². The van der Waals surface area contributed by atoms with Crippen molar-refractivity contribution in [2.45, 2.75) is 40.5 Å². The van der Waals surface area contributed by atoms with Crippen molar-refractivity contribution >= 4 is 35.6 Å². The number of hydrazone groups is 2. The number of hydrogen-bond acceptors (Lipinski definition) is 6. The van der Waals surface area contributed by atoms with E-state index in [9.17, 15) is 9.59 Å². The van der Waals surface area contributed by atoms with Crippen molar-refractivity contribution in [2.24, 2.45) is 10.2 Å². The van der Waals surface area contributed by atoms with E-state index >= 15 is 0 Å². The largest absolute Gasteiger partial charge is 0.372 e. The predicted octanol–water partition coefficient (Wildman–Crippen LogP) is 3.76. The van der Waals surface area contributed by atoms with Gasteiger partial charge in [0.05, 0.1) is 12.4 Å². The number of benzene rings is 2. The molecule has 0 aliphatic heterocycles. The highest BCUT2D eigenvalue weighted by atomic mass is 16.2. The Bertz CT molecular complexity index is 867. The van der Waals surface area contributed by atoms with Gasteiger partial charge in [-0.05, 0) is 63.1 Å². The minimum absolute atomic E-state index is 0.0260. The van der Waals surface area contributed by atoms with E-state index in [0.717, 1.165) is 48.7 Å². The van der Waals surface area contributed by atoms with Gasteiger partial charge in [-0.2, -0.15) is 10.2 Å². The molecule has 2 aromatic rings. The van der Waals surface area contributed by atoms with Gasteiger partial charge < -0.3 is 9.80 Å². The molecule has 0 atom stereocenters. The van der Waals surface area contributed by atoms with Crippen molar-refractivity contribution in [1.82, 2.24) is 10.9 Å². The molecule has 0 radical (unpaired) electrons. The van der Waals surface area contributed by atoms with Crippen molar-refractivity contribution in [3.8, 4) is 0 Å². The minimum Gasteiger partial charge on any atom is -0.372 e. The second kappa shape index (κ2) is 14.5. The first-order chi connectivity index (χ1) is 16.5. The van der Waals surface area contributed by atoms with Crippen LogP contribution in [0.2, 0.25) is 0 Å². The van der Waals surface area contributed by atoms with Gasteiger partial charge in [0.25, 0.3) is 0 Å². The van der Waals surface area contributed by atoms with Crippen LogP contribution in [-0.2, 0) is 9.59 Å². The molecule has 0 aliphatic carbocycles. The third kappa shape index (κ3) is 8.69. The predicted molar refractivity (Wildman–Crippen MR) is 141 cm³/mol. The first-order valence-corrected chi connectivity index (χ1v) is 11.8. The van der Waals surface area contributed by atoms with Crippen LogP contribution in [0.4, 0.5) is 11.4 Å². The molecule has 0 spiro atoms. The zero-order valence-electron chi connectivity index (χ0n) is 20.6. The lowest BCUT2D eigenvalue weighted by Crippen LogP contribution is -2.23. The lowest BCUT2D eigenvalue weighted by atomic mass is 10.2. The van der Waals surface area contributed by atoms with Crippen molar-refractivity contribution < 1.29 is 9.59 Å². The number of nitrogens with one attached hydrogen (secondary N) is 2. The molecule has 8 heteroatoms. The third-order valence-corrected chi connectivity index (χ3v) is 5.43. The van der Waals surface area contributed by atoms with Gasteiger partial charge in [-0.15, -0.1) is 0 Å². The summed E-state index contributed by atoms with van der Waals surface area (Å²) in [6.45, 7) is 12.3. The number of amides is 2. The van der Waals surface area contributed by atoms with Crippen LogP contribution in [0.5, 0.6) is 0 Å². The van der Waals surface area contributed by atoms with E-state index in [4.69, 9.17) is 0 Å². The molecule has 0 fully saturated rings. The summed E-state index contributed by atoms with van der Waals surface area (Å²) in [4.78, 5) is 28.4. The van der Waals surface area contributed by atoms with Crippen LogP contribution in [-0.4, -0.2) is 50.4 Å². The lowest BCUT2D eigenvalue weighted by Gasteiger charge is -2.20. The number of carbonyl (C=O) groups excluding carboxylic acids is 2. The van der Waals surface area contributed by atoms with Gasteiger partial charge in [-0.1, -0.05) is 24.3 Å². The maximum atomic E-state index is 11.9. The molecule has 0 aliphatic rings. The molecule has 0 heterocycles. The fourth-order valence-electron chi connectivity index (χ4n) is 3.42. The van der Waals surface area contributed by atoms with Gasteiger partial charge in [0.2, 0.25) is 11.8 Å². The summed E-state index contributed by atoms with van der Waals surface area (Å²) in [6.07, 6.45) is 3.22. The Morgan fingerprint density at radius 2 is 0.971 bits per heavy atom. The van der Waals surface area contributed by atoms with E-state index in [-0.39, 0.29) is 24.7 Å². The molecule has 2 N–H and O–H groups in total. The molecule has 182 valence electrons. The van der Waals surface area contributed by atoms with Gasteiger partial charge in [0.15, 0.2) is 0 Å². The maximum absolute atomic E-state index is 11.9. The quantitative estimate of drug-likeness (QED) is 0.349. The monoisotopic (exact) mass is 464 g/mol. The molecule has 2 rings (SSSR count). The van der Waals surface area contributed by atoms with Gasteiger partial charge in [-0.25, -0.2) is 10.9 Å². The van der Waals surface area contributed by atoms with Crippen molar-refractivity contribution in [1.29, 1.82) is 0 Å². The number of carbonyl (C=O) groups is 2. The molecule has 0 bridgehead atoms. The second-order valence-corrected chi connectivity index (χ2v) is 7.61. The normalized spacial score (nSPS) is 11.1. The first-order valence-electron chi connectivity index (χ1n) is 11.8. The van der Waals surface area contributed by atoms with Crippen LogP contribution >= 0.6 is 0 Å². The lowest BCUT2D eigenvalue weighted by molar-refractivity contribution is -0.126. The highest BCUT2D eigenvalue weighted by molar-refractivity contribution is 5.86. The average Bonchev–Trinajstić information content (AvgIpc) is 2.86. The SMILES string of the molecule is CCN(CC)c1ccc(/C=N/NC(=O)CCC(=O)N/N=C/c2ccc(N(CC)CC)cc2)cc1. The van der Waals surface area contributed by atoms with E-state index in [1.165, 1.54) is 0 Å². The van der Waals surface area contributed by atoms with Gasteiger partial charge in [0.1, 0.15) is 0 Å². The van der Waals surface area contributed by atoms with E-state index < -0.39 is 0 Å². The Labute approximate surface area is 202 Å². The standard InChI is InChI=1S/C26H36N6O2/c1-5-31(6-2)23-13-9-21(10-14-23)19-27-29-25(33)17-18-26(34)30-28-20-22-11-15-24(16-12-22)32(7-3)8-4/h9-16,19-20H,5-8,17-18H2,1-4H3,(H,29,33)(H,30,34)/b27-19+,28-20+. The number of anilines is 2. The van der Waals surface area contributed by atoms with E-state index in [0.29, 0.717) is 0 Å². The average molecular weight is 465 g/mol. The number of hydrogen-bond donors (Lipinski definition) is 2. The molecular formula is C26H36N6O2. The smallest absolute Gasteiger partial charge is 0.240 e. The van der Waals surface area contributed by atoms with Crippen LogP contribution in [0.15, 0.2) is 58.7 Å². The first kappa shape index (κ1) is 26.6. The summed E-state index contributed by atoms with van der Waals surface area (Å²) in [7, 11) is 0. The van der Waals surface area contributed by atoms with Gasteiger partial charge in [0, 0.05) is 50.4 Å². The molecule has 0 aromatic heterocycles. The fraction of sp³-hybridized carbons (Fsp3) is 0.385. The van der Waals surface area contributed by atoms with Crippen molar-refractivity contribution in [2.75, 3.05) is 36.0 Å². The molecule has 2 aromatic carbocycles. The Balaban J connectivity index is 1.71. The topological polar surface area (TPSA) is 89.4 Å². The zero-order valence-corrected chi connectivity index (χ0v) is 20.6. The minimum atomic E-state index is -0.331. The summed E-state index contributed by atoms with van der Waals surface area (Å²) < 4.78 is 0. The summed E-state index contributed by atoms with van der Waals surface area (Å²) in [5.74, 6) is -0.663. The Kier molecular flexibility index (Phi) is 11.3. The summed E-state index contributed by atoms with van der Waals surface area (Å²) in [6, 6.07) is 15.9. The Hall–Kier alpha value is -3.68. The number of rotatable bonds is 13. The highest BCUT2D eigenvalue weighted by Crippen LogP contribution is 2.15.